The Morgan fingerprint density at radius 1 is 1.44 bits per heavy atom. The van der Waals surface area contributed by atoms with Crippen LogP contribution in [0, 0.1) is 0 Å². The van der Waals surface area contributed by atoms with Crippen LogP contribution in [0.15, 0.2) is 24.5 Å². The van der Waals surface area contributed by atoms with E-state index < -0.39 is 0 Å². The Kier molecular flexibility index (Phi) is 5.78. The first-order valence-corrected chi connectivity index (χ1v) is 6.09. The van der Waals surface area contributed by atoms with Gasteiger partial charge >= 0.3 is 0 Å². The first kappa shape index (κ1) is 12.9. The molecule has 0 aromatic carbocycles. The van der Waals surface area contributed by atoms with Gasteiger partial charge in [0, 0.05) is 18.9 Å². The zero-order valence-corrected chi connectivity index (χ0v) is 10.7. The van der Waals surface area contributed by atoms with Crippen LogP contribution in [0.3, 0.4) is 0 Å². The molecule has 0 bridgehead atoms. The molecule has 0 aliphatic carbocycles. The highest BCUT2D eigenvalue weighted by Crippen LogP contribution is 2.09. The molecule has 0 amide bonds. The number of hydrogen-bond acceptors (Lipinski definition) is 2. The van der Waals surface area contributed by atoms with Crippen molar-refractivity contribution in [1.82, 2.24) is 15.6 Å². The van der Waals surface area contributed by atoms with Crippen molar-refractivity contribution >= 4 is 17.3 Å². The van der Waals surface area contributed by atoms with Crippen molar-refractivity contribution in [2.75, 3.05) is 6.54 Å². The van der Waals surface area contributed by atoms with Crippen molar-refractivity contribution in [1.29, 1.82) is 0 Å². The average molecular weight is 237 g/mol. The predicted molar refractivity (Wildman–Crippen MR) is 71.3 cm³/mol. The van der Waals surface area contributed by atoms with Gasteiger partial charge in [0.05, 0.1) is 6.04 Å². The van der Waals surface area contributed by atoms with Gasteiger partial charge in [0.2, 0.25) is 0 Å². The van der Waals surface area contributed by atoms with E-state index in [-0.39, 0.29) is 6.04 Å². The fraction of sp³-hybridized carbons (Fsp3) is 0.500. The van der Waals surface area contributed by atoms with Gasteiger partial charge in [-0.1, -0.05) is 13.3 Å². The molecule has 2 N–H and O–H groups in total. The fourth-order valence-corrected chi connectivity index (χ4v) is 1.64. The van der Waals surface area contributed by atoms with Crippen molar-refractivity contribution in [3.05, 3.63) is 30.1 Å². The largest absolute Gasteiger partial charge is 0.363 e. The van der Waals surface area contributed by atoms with E-state index in [2.05, 4.69) is 29.5 Å². The van der Waals surface area contributed by atoms with Crippen LogP contribution >= 0.6 is 12.2 Å². The molecule has 0 spiro atoms. The van der Waals surface area contributed by atoms with Gasteiger partial charge in [-0.15, -0.1) is 0 Å². The molecule has 1 heterocycles. The summed E-state index contributed by atoms with van der Waals surface area (Å²) >= 11 is 5.21. The van der Waals surface area contributed by atoms with Crippen molar-refractivity contribution in [2.24, 2.45) is 0 Å². The van der Waals surface area contributed by atoms with Crippen LogP contribution < -0.4 is 10.6 Å². The zero-order chi connectivity index (χ0) is 11.8. The summed E-state index contributed by atoms with van der Waals surface area (Å²) in [4.78, 5) is 3.99. The number of pyridine rings is 1. The topological polar surface area (TPSA) is 37.0 Å². The quantitative estimate of drug-likeness (QED) is 0.609. The summed E-state index contributed by atoms with van der Waals surface area (Å²) in [6.45, 7) is 5.19. The number of thiocarbonyl (C=S) groups is 1. The van der Waals surface area contributed by atoms with E-state index in [0.717, 1.165) is 18.1 Å². The molecular weight excluding hydrogens is 218 g/mol. The summed E-state index contributed by atoms with van der Waals surface area (Å²) in [7, 11) is 0. The summed E-state index contributed by atoms with van der Waals surface area (Å²) < 4.78 is 0. The van der Waals surface area contributed by atoms with E-state index in [4.69, 9.17) is 12.2 Å². The van der Waals surface area contributed by atoms with Crippen molar-refractivity contribution in [3.8, 4) is 0 Å². The van der Waals surface area contributed by atoms with Gasteiger partial charge in [-0.2, -0.15) is 0 Å². The normalized spacial score (nSPS) is 11.9. The van der Waals surface area contributed by atoms with Crippen LogP contribution in [0.25, 0.3) is 0 Å². The van der Waals surface area contributed by atoms with E-state index in [9.17, 15) is 0 Å². The molecule has 1 unspecified atom stereocenters. The smallest absolute Gasteiger partial charge is 0.166 e. The van der Waals surface area contributed by atoms with Crippen molar-refractivity contribution in [3.63, 3.8) is 0 Å². The minimum Gasteiger partial charge on any atom is -0.363 e. The summed E-state index contributed by atoms with van der Waals surface area (Å²) in [5.74, 6) is 0. The van der Waals surface area contributed by atoms with Crippen LogP contribution in [-0.4, -0.2) is 16.6 Å². The molecule has 88 valence electrons. The lowest BCUT2D eigenvalue weighted by atomic mass is 10.1. The fourth-order valence-electron chi connectivity index (χ4n) is 1.36. The Morgan fingerprint density at radius 3 is 2.75 bits per heavy atom. The highest BCUT2D eigenvalue weighted by atomic mass is 32.1. The lowest BCUT2D eigenvalue weighted by molar-refractivity contribution is 0.682. The third kappa shape index (κ3) is 4.57. The number of aromatic nitrogens is 1. The standard InChI is InChI=1S/C12H19N3S/c1-3-4-7-14-12(16)15-10(2)11-5-8-13-9-6-11/h5-6,8-10H,3-4,7H2,1-2H3,(H2,14,15,16). The molecule has 0 saturated carbocycles. The van der Waals surface area contributed by atoms with Crippen LogP contribution in [0.1, 0.15) is 38.3 Å². The van der Waals surface area contributed by atoms with Crippen LogP contribution in [0.2, 0.25) is 0 Å². The molecule has 1 atom stereocenters. The number of unbranched alkanes of at least 4 members (excludes halogenated alkanes) is 1. The van der Waals surface area contributed by atoms with Gasteiger partial charge in [-0.05, 0) is 43.3 Å². The first-order valence-electron chi connectivity index (χ1n) is 5.68. The highest BCUT2D eigenvalue weighted by Gasteiger charge is 2.05. The summed E-state index contributed by atoms with van der Waals surface area (Å²) in [6.07, 6.45) is 5.91. The highest BCUT2D eigenvalue weighted by molar-refractivity contribution is 7.80. The average Bonchev–Trinajstić information content (AvgIpc) is 2.30. The molecule has 1 aromatic rings. The van der Waals surface area contributed by atoms with E-state index >= 15 is 0 Å². The van der Waals surface area contributed by atoms with E-state index in [1.807, 2.05) is 12.1 Å². The monoisotopic (exact) mass is 237 g/mol. The minimum atomic E-state index is 0.213. The molecule has 1 aromatic heterocycles. The summed E-state index contributed by atoms with van der Waals surface area (Å²) in [5, 5.41) is 7.16. The Morgan fingerprint density at radius 2 is 2.12 bits per heavy atom. The Balaban J connectivity index is 2.34. The third-order valence-corrected chi connectivity index (χ3v) is 2.63. The Bertz CT molecular complexity index is 313. The van der Waals surface area contributed by atoms with Gasteiger partial charge in [-0.3, -0.25) is 4.98 Å². The summed E-state index contributed by atoms with van der Waals surface area (Å²) in [6, 6.07) is 4.20. The van der Waals surface area contributed by atoms with Gasteiger partial charge in [-0.25, -0.2) is 0 Å². The summed E-state index contributed by atoms with van der Waals surface area (Å²) in [5.41, 5.74) is 1.19. The Hall–Kier alpha value is -1.16. The van der Waals surface area contributed by atoms with Crippen LogP contribution in [0.5, 0.6) is 0 Å². The maximum absolute atomic E-state index is 5.21. The lowest BCUT2D eigenvalue weighted by Gasteiger charge is -2.16. The van der Waals surface area contributed by atoms with Gasteiger partial charge in [0.15, 0.2) is 5.11 Å². The molecule has 3 nitrogen and oxygen atoms in total. The van der Waals surface area contributed by atoms with Gasteiger partial charge in [0.1, 0.15) is 0 Å². The molecular formula is C12H19N3S. The predicted octanol–water partition coefficient (Wildman–Crippen LogP) is 2.41. The maximum Gasteiger partial charge on any atom is 0.166 e. The van der Waals surface area contributed by atoms with Crippen LogP contribution in [-0.2, 0) is 0 Å². The molecule has 0 saturated heterocycles. The molecule has 0 radical (unpaired) electrons. The van der Waals surface area contributed by atoms with Crippen molar-refractivity contribution in [2.45, 2.75) is 32.7 Å². The lowest BCUT2D eigenvalue weighted by Crippen LogP contribution is -2.37. The molecule has 0 aliphatic heterocycles. The minimum absolute atomic E-state index is 0.213. The molecule has 4 heteroatoms. The number of hydrogen-bond donors (Lipinski definition) is 2. The van der Waals surface area contributed by atoms with E-state index in [1.165, 1.54) is 12.0 Å². The van der Waals surface area contributed by atoms with Gasteiger partial charge in [0.25, 0.3) is 0 Å². The SMILES string of the molecule is CCCCNC(=S)NC(C)c1ccncc1. The zero-order valence-electron chi connectivity index (χ0n) is 9.86. The number of nitrogens with one attached hydrogen (secondary N) is 2. The van der Waals surface area contributed by atoms with Crippen molar-refractivity contribution < 1.29 is 0 Å². The second-order valence-corrected chi connectivity index (χ2v) is 4.16. The second-order valence-electron chi connectivity index (χ2n) is 3.76. The number of nitrogens with zero attached hydrogens (tertiary/aromatic N) is 1. The maximum atomic E-state index is 5.21. The molecule has 16 heavy (non-hydrogen) atoms. The molecule has 0 fully saturated rings. The Labute approximate surface area is 103 Å². The van der Waals surface area contributed by atoms with Gasteiger partial charge < -0.3 is 10.6 Å². The second kappa shape index (κ2) is 7.17. The third-order valence-electron chi connectivity index (χ3n) is 2.37. The molecule has 0 aliphatic rings. The van der Waals surface area contributed by atoms with E-state index in [0.29, 0.717) is 0 Å². The molecule has 1 rings (SSSR count). The van der Waals surface area contributed by atoms with Crippen LogP contribution in [0.4, 0.5) is 0 Å². The number of rotatable bonds is 5. The first-order chi connectivity index (χ1) is 7.74. The van der Waals surface area contributed by atoms with E-state index in [1.54, 1.807) is 12.4 Å².